The minimum atomic E-state index is -2.67. The van der Waals surface area contributed by atoms with Crippen LogP contribution in [0.5, 0.6) is 0 Å². The quantitative estimate of drug-likeness (QED) is 0.390. The lowest BCUT2D eigenvalue weighted by Gasteiger charge is -2.35. The zero-order valence-electron chi connectivity index (χ0n) is 21.2. The lowest BCUT2D eigenvalue weighted by Crippen LogP contribution is -2.37. The lowest BCUT2D eigenvalue weighted by molar-refractivity contribution is 0.233. The molecule has 32 heavy (non-hydrogen) atoms. The maximum atomic E-state index is 14.1. The third-order valence-corrected chi connectivity index (χ3v) is 15.7. The standard InChI is InChI=1S/C22H46N6O2P2/c1-23(31(29)25(3)19-13-7-8-14-20(19)26(31)4)17-11-12-18-24(2)32(30)27(5)21-15-9-10-16-22(21)28(32)6/h19-22H,7-18H2,1-6H3/t19-,20-,21-,22-/m1/s1. The Labute approximate surface area is 196 Å². The van der Waals surface area contributed by atoms with Crippen LogP contribution in [0.25, 0.3) is 0 Å². The van der Waals surface area contributed by atoms with Gasteiger partial charge in [-0.1, -0.05) is 25.7 Å². The fourth-order valence-corrected chi connectivity index (χ4v) is 13.3. The lowest BCUT2D eigenvalue weighted by atomic mass is 9.91. The van der Waals surface area contributed by atoms with Crippen molar-refractivity contribution in [3.05, 3.63) is 0 Å². The van der Waals surface area contributed by atoms with Crippen molar-refractivity contribution in [2.24, 2.45) is 0 Å². The van der Waals surface area contributed by atoms with Crippen molar-refractivity contribution in [2.75, 3.05) is 55.4 Å². The van der Waals surface area contributed by atoms with Crippen molar-refractivity contribution >= 4 is 15.2 Å². The molecule has 0 unspecified atom stereocenters. The van der Waals surface area contributed by atoms with E-state index in [1.54, 1.807) is 0 Å². The summed E-state index contributed by atoms with van der Waals surface area (Å²) in [6.07, 6.45) is 11.6. The molecule has 4 aliphatic rings. The van der Waals surface area contributed by atoms with Crippen molar-refractivity contribution in [2.45, 2.75) is 88.4 Å². The average molecular weight is 489 g/mol. The summed E-state index contributed by atoms with van der Waals surface area (Å²) in [6.45, 7) is 1.61. The molecule has 8 nitrogen and oxygen atoms in total. The van der Waals surface area contributed by atoms with Crippen LogP contribution in [0.2, 0.25) is 0 Å². The van der Waals surface area contributed by atoms with Crippen LogP contribution in [-0.4, -0.2) is 108 Å². The minimum absolute atomic E-state index is 0.426. The molecule has 2 aliphatic carbocycles. The summed E-state index contributed by atoms with van der Waals surface area (Å²) in [4.78, 5) is 0. The van der Waals surface area contributed by atoms with E-state index in [1.165, 1.54) is 25.7 Å². The first-order valence-corrected chi connectivity index (χ1v) is 15.8. The summed E-state index contributed by atoms with van der Waals surface area (Å²) in [7, 11) is 6.97. The van der Waals surface area contributed by atoms with Gasteiger partial charge in [-0.25, -0.2) is 28.0 Å². The van der Waals surface area contributed by atoms with Gasteiger partial charge in [-0.05, 0) is 80.8 Å². The van der Waals surface area contributed by atoms with E-state index in [0.29, 0.717) is 24.2 Å². The predicted molar refractivity (Wildman–Crippen MR) is 133 cm³/mol. The van der Waals surface area contributed by atoms with Gasteiger partial charge in [0.2, 0.25) is 0 Å². The molecule has 2 aliphatic heterocycles. The fraction of sp³-hybridized carbons (Fsp3) is 1.00. The van der Waals surface area contributed by atoms with E-state index in [4.69, 9.17) is 0 Å². The second-order valence-corrected chi connectivity index (χ2v) is 16.6. The number of hydrogen-bond donors (Lipinski definition) is 0. The predicted octanol–water partition coefficient (Wildman–Crippen LogP) is 4.22. The zero-order valence-corrected chi connectivity index (χ0v) is 23.0. The summed E-state index contributed by atoms with van der Waals surface area (Å²) in [6, 6.07) is 1.70. The second kappa shape index (κ2) is 9.70. The summed E-state index contributed by atoms with van der Waals surface area (Å²) >= 11 is 0. The molecule has 0 aromatic rings. The molecule has 0 spiro atoms. The van der Waals surface area contributed by atoms with Gasteiger partial charge in [0.25, 0.3) is 15.2 Å². The monoisotopic (exact) mass is 488 g/mol. The van der Waals surface area contributed by atoms with Crippen LogP contribution in [0.4, 0.5) is 0 Å². The molecule has 10 heteroatoms. The van der Waals surface area contributed by atoms with Crippen LogP contribution in [0.1, 0.15) is 64.2 Å². The number of rotatable bonds is 7. The van der Waals surface area contributed by atoms with Gasteiger partial charge in [-0.15, -0.1) is 0 Å². The molecule has 4 fully saturated rings. The van der Waals surface area contributed by atoms with Gasteiger partial charge < -0.3 is 0 Å². The molecule has 2 saturated heterocycles. The van der Waals surface area contributed by atoms with Crippen molar-refractivity contribution in [1.29, 1.82) is 0 Å². The Morgan fingerprint density at radius 3 is 1.09 bits per heavy atom. The molecule has 0 radical (unpaired) electrons. The SMILES string of the molecule is CN(CCCCN(C)P1(=O)N(C)[C@@H]2CCCC[C@H]2N1C)P1(=O)N(C)[C@@H]2CCCC[C@H]2N1C. The Hall–Kier alpha value is 0.220. The fourth-order valence-electron chi connectivity index (χ4n) is 7.05. The highest BCUT2D eigenvalue weighted by atomic mass is 31.2. The highest BCUT2D eigenvalue weighted by Crippen LogP contribution is 2.64. The van der Waals surface area contributed by atoms with Crippen LogP contribution in [0.15, 0.2) is 0 Å². The minimum Gasteiger partial charge on any atom is -0.270 e. The van der Waals surface area contributed by atoms with Crippen LogP contribution in [-0.2, 0) is 9.13 Å². The van der Waals surface area contributed by atoms with Crippen molar-refractivity contribution in [3.63, 3.8) is 0 Å². The van der Waals surface area contributed by atoms with Gasteiger partial charge in [0, 0.05) is 37.3 Å². The molecule has 2 heterocycles. The molecule has 0 aromatic carbocycles. The molecule has 0 amide bonds. The maximum Gasteiger partial charge on any atom is 0.286 e. The number of nitrogens with zero attached hydrogens (tertiary/aromatic N) is 6. The number of hydrogen-bond acceptors (Lipinski definition) is 2. The Morgan fingerprint density at radius 1 is 0.594 bits per heavy atom. The summed E-state index contributed by atoms with van der Waals surface area (Å²) in [5, 5.41) is 0. The first-order chi connectivity index (χ1) is 15.1. The van der Waals surface area contributed by atoms with E-state index in [1.807, 2.05) is 14.1 Å². The molecule has 2 saturated carbocycles. The van der Waals surface area contributed by atoms with Gasteiger partial charge >= 0.3 is 0 Å². The molecule has 0 bridgehead atoms. The van der Waals surface area contributed by atoms with E-state index in [2.05, 4.69) is 56.2 Å². The molecule has 0 aromatic heterocycles. The first-order valence-electron chi connectivity index (χ1n) is 12.7. The second-order valence-electron chi connectivity index (χ2n) is 10.6. The topological polar surface area (TPSA) is 53.6 Å². The van der Waals surface area contributed by atoms with Crippen LogP contribution in [0.3, 0.4) is 0 Å². The molecular formula is C22H46N6O2P2. The largest absolute Gasteiger partial charge is 0.286 e. The first kappa shape index (κ1) is 25.3. The van der Waals surface area contributed by atoms with Gasteiger partial charge in [0.15, 0.2) is 0 Å². The molecule has 186 valence electrons. The van der Waals surface area contributed by atoms with Crippen molar-refractivity contribution < 1.29 is 9.13 Å². The Bertz CT molecular complexity index is 663. The van der Waals surface area contributed by atoms with E-state index in [9.17, 15) is 9.13 Å². The summed E-state index contributed by atoms with van der Waals surface area (Å²) in [5.41, 5.74) is 0. The maximum absolute atomic E-state index is 14.1. The van der Waals surface area contributed by atoms with Crippen LogP contribution >= 0.6 is 15.2 Å². The van der Waals surface area contributed by atoms with Crippen molar-refractivity contribution in [3.8, 4) is 0 Å². The van der Waals surface area contributed by atoms with Crippen molar-refractivity contribution in [1.82, 2.24) is 28.0 Å². The van der Waals surface area contributed by atoms with E-state index < -0.39 is 15.2 Å². The molecular weight excluding hydrogens is 442 g/mol. The van der Waals surface area contributed by atoms with Gasteiger partial charge in [0.05, 0.1) is 0 Å². The highest BCUT2D eigenvalue weighted by molar-refractivity contribution is 7.57. The third kappa shape index (κ3) is 3.91. The third-order valence-electron chi connectivity index (χ3n) is 9.05. The van der Waals surface area contributed by atoms with Crippen LogP contribution < -0.4 is 0 Å². The highest BCUT2D eigenvalue weighted by Gasteiger charge is 2.54. The van der Waals surface area contributed by atoms with E-state index in [-0.39, 0.29) is 0 Å². The van der Waals surface area contributed by atoms with E-state index >= 15 is 0 Å². The Balaban J connectivity index is 1.31. The molecule has 4 rings (SSSR count). The smallest absolute Gasteiger partial charge is 0.270 e. The van der Waals surface area contributed by atoms with Gasteiger partial charge in [0.1, 0.15) is 0 Å². The summed E-state index contributed by atoms with van der Waals surface area (Å²) in [5.74, 6) is 0. The Kier molecular flexibility index (Phi) is 7.67. The Morgan fingerprint density at radius 2 is 0.844 bits per heavy atom. The number of unbranched alkanes of at least 4 members (excludes halogenated alkanes) is 1. The van der Waals surface area contributed by atoms with Crippen LogP contribution in [0, 0.1) is 0 Å². The number of likely N-dealkylation sites (N-methyl/N-ethyl adjacent to an activating group) is 4. The zero-order chi connectivity index (χ0) is 23.3. The summed E-state index contributed by atoms with van der Waals surface area (Å²) < 4.78 is 41.1. The van der Waals surface area contributed by atoms with Gasteiger partial charge in [-0.2, -0.15) is 0 Å². The number of fused-ring (bicyclic) bond motifs is 2. The van der Waals surface area contributed by atoms with Gasteiger partial charge in [-0.3, -0.25) is 9.13 Å². The molecule has 0 N–H and O–H groups in total. The average Bonchev–Trinajstić information content (AvgIpc) is 3.14. The normalized spacial score (nSPS) is 36.1. The van der Waals surface area contributed by atoms with E-state index in [0.717, 1.165) is 51.6 Å². The molecule has 4 atom stereocenters.